The number of hydrogen-bond acceptors (Lipinski definition) is 9. The monoisotopic (exact) mass is 432 g/mol. The van der Waals surface area contributed by atoms with Crippen molar-refractivity contribution in [3.05, 3.63) is 54.6 Å². The van der Waals surface area contributed by atoms with Crippen molar-refractivity contribution in [2.75, 3.05) is 5.01 Å². The van der Waals surface area contributed by atoms with Crippen LogP contribution in [0, 0.1) is 0 Å². The predicted octanol–water partition coefficient (Wildman–Crippen LogP) is -5.80. The van der Waals surface area contributed by atoms with E-state index in [1.165, 1.54) is 12.1 Å². The van der Waals surface area contributed by atoms with Gasteiger partial charge >= 0.3 is 59.1 Å². The second-order valence-electron chi connectivity index (χ2n) is 5.32. The van der Waals surface area contributed by atoms with Gasteiger partial charge in [0.2, 0.25) is 0 Å². The quantitative estimate of drug-likeness (QED) is 0.260. The third-order valence-corrected chi connectivity index (χ3v) is 4.38. The Balaban J connectivity index is 0.00000210. The van der Waals surface area contributed by atoms with E-state index in [9.17, 15) is 27.7 Å². The van der Waals surface area contributed by atoms with Crippen molar-refractivity contribution in [1.82, 2.24) is 0 Å². The van der Waals surface area contributed by atoms with Crippen LogP contribution in [-0.4, -0.2) is 36.6 Å². The van der Waals surface area contributed by atoms with Crippen LogP contribution in [0.15, 0.2) is 74.8 Å². The van der Waals surface area contributed by atoms with Gasteiger partial charge in [0.25, 0.3) is 5.91 Å². The molecule has 10 nitrogen and oxygen atoms in total. The van der Waals surface area contributed by atoms with Crippen LogP contribution in [0.2, 0.25) is 0 Å². The van der Waals surface area contributed by atoms with Gasteiger partial charge < -0.3 is 14.5 Å². The molecule has 1 atom stereocenters. The molecule has 1 heterocycles. The number of nitrogens with zero attached hydrogens (tertiary/aromatic N) is 4. The van der Waals surface area contributed by atoms with Crippen molar-refractivity contribution in [3.8, 4) is 0 Å². The first kappa shape index (κ1) is 25.6. The Hall–Kier alpha value is -1.44. The molecule has 3 rings (SSSR count). The Kier molecular flexibility index (Phi) is 9.31. The molecule has 2 aromatic carbocycles. The zero-order chi connectivity index (χ0) is 19.6. The van der Waals surface area contributed by atoms with E-state index in [4.69, 9.17) is 0 Å². The van der Waals surface area contributed by atoms with E-state index in [0.717, 1.165) is 17.1 Å². The van der Waals surface area contributed by atoms with Crippen LogP contribution in [0.4, 0.5) is 11.4 Å². The minimum absolute atomic E-state index is 0. The van der Waals surface area contributed by atoms with Crippen LogP contribution in [-0.2, 0) is 19.7 Å². The first-order chi connectivity index (χ1) is 12.8. The molecule has 1 aliphatic heterocycles. The Morgan fingerprint density at radius 2 is 1.62 bits per heavy atom. The normalized spacial score (nSPS) is 16.2. The molecule has 0 radical (unpaired) electrons. The zero-order valence-electron chi connectivity index (χ0n) is 15.4. The van der Waals surface area contributed by atoms with Gasteiger partial charge in [-0.25, -0.2) is 8.42 Å². The molecule has 1 aliphatic rings. The van der Waals surface area contributed by atoms with Crippen LogP contribution < -0.4 is 69.2 Å². The molecule has 13 heteroatoms. The number of azo groups is 1. The number of benzene rings is 2. The summed E-state index contributed by atoms with van der Waals surface area (Å²) >= 11 is 0. The molecule has 0 bridgehead atoms. The van der Waals surface area contributed by atoms with Gasteiger partial charge in [-0.3, -0.25) is 4.79 Å². The Labute approximate surface area is 210 Å². The number of aliphatic carboxylic acids is 1. The maximum absolute atomic E-state index is 12.5. The van der Waals surface area contributed by atoms with Gasteiger partial charge in [0.1, 0.15) is 15.8 Å². The molecular weight excluding hydrogens is 422 g/mol. The minimum atomic E-state index is -4.61. The van der Waals surface area contributed by atoms with Crippen molar-refractivity contribution in [3.63, 3.8) is 0 Å². The standard InChI is InChI=1S/C16H12N4O6S.2Na/c21-15-13(18-17-10-6-8-12(9-7-10)27(24,25)26)14(16(22)23)19-20(15)11-4-2-1-3-5-11;;/h1-9,13H,(H,22,23)(H,24,25,26);;/q;2*+1/p-2. The summed E-state index contributed by atoms with van der Waals surface area (Å²) in [5.74, 6) is -2.40. The first-order valence-electron chi connectivity index (χ1n) is 7.43. The summed E-state index contributed by atoms with van der Waals surface area (Å²) in [4.78, 5) is 23.3. The molecule has 0 N–H and O–H groups in total. The third kappa shape index (κ3) is 6.03. The summed E-state index contributed by atoms with van der Waals surface area (Å²) in [7, 11) is -4.61. The number of hydrazone groups is 1. The summed E-state index contributed by atoms with van der Waals surface area (Å²) in [5.41, 5.74) is -0.138. The van der Waals surface area contributed by atoms with Gasteiger partial charge in [0.05, 0.1) is 22.2 Å². The number of hydrogen-bond donors (Lipinski definition) is 0. The molecule has 1 amide bonds. The number of carboxylic acid groups (broad SMARTS) is 1. The predicted molar refractivity (Wildman–Crippen MR) is 89.1 cm³/mol. The number of carboxylic acids is 1. The summed E-state index contributed by atoms with van der Waals surface area (Å²) in [6.07, 6.45) is 0. The Morgan fingerprint density at radius 1 is 1.03 bits per heavy atom. The average molecular weight is 432 g/mol. The van der Waals surface area contributed by atoms with E-state index in [2.05, 4.69) is 15.3 Å². The molecule has 29 heavy (non-hydrogen) atoms. The number of rotatable bonds is 5. The summed E-state index contributed by atoms with van der Waals surface area (Å²) < 4.78 is 32.7. The van der Waals surface area contributed by atoms with E-state index in [0.29, 0.717) is 5.69 Å². The van der Waals surface area contributed by atoms with E-state index in [1.807, 2.05) is 0 Å². The Bertz CT molecular complexity index is 1060. The first-order valence-corrected chi connectivity index (χ1v) is 8.84. The van der Waals surface area contributed by atoms with Gasteiger partial charge in [-0.05, 0) is 36.4 Å². The van der Waals surface area contributed by atoms with Gasteiger partial charge in [0.15, 0.2) is 6.04 Å². The molecule has 0 aromatic heterocycles. The van der Waals surface area contributed by atoms with Crippen molar-refractivity contribution in [2.24, 2.45) is 15.3 Å². The number of carbonyl (C=O) groups is 2. The van der Waals surface area contributed by atoms with Crippen LogP contribution in [0.5, 0.6) is 0 Å². The van der Waals surface area contributed by atoms with Gasteiger partial charge in [-0.1, -0.05) is 18.2 Å². The SMILES string of the molecule is O=C([O-])C1=NN(c2ccccc2)C(=O)C1N=Nc1ccc(S(=O)(=O)[O-])cc1.[Na+].[Na+]. The molecule has 0 spiro atoms. The van der Waals surface area contributed by atoms with E-state index >= 15 is 0 Å². The summed E-state index contributed by atoms with van der Waals surface area (Å²) in [6, 6.07) is 11.1. The van der Waals surface area contributed by atoms with Gasteiger partial charge in [-0.2, -0.15) is 20.3 Å². The second kappa shape index (κ2) is 10.5. The molecule has 138 valence electrons. The van der Waals surface area contributed by atoms with E-state index < -0.39 is 38.6 Å². The second-order valence-corrected chi connectivity index (χ2v) is 6.70. The largest absolute Gasteiger partial charge is 1.00 e. The van der Waals surface area contributed by atoms with Crippen LogP contribution in [0.3, 0.4) is 0 Å². The molecular formula is C16H10N4Na2O6S. The van der Waals surface area contributed by atoms with Gasteiger partial charge in [-0.15, -0.1) is 0 Å². The summed E-state index contributed by atoms with van der Waals surface area (Å²) in [5, 5.41) is 23.3. The molecule has 2 aromatic rings. The topological polar surface area (TPSA) is 155 Å². The minimum Gasteiger partial charge on any atom is -0.744 e. The summed E-state index contributed by atoms with van der Waals surface area (Å²) in [6.45, 7) is 0. The molecule has 1 unspecified atom stereocenters. The zero-order valence-corrected chi connectivity index (χ0v) is 20.2. The fourth-order valence-corrected chi connectivity index (χ4v) is 2.73. The van der Waals surface area contributed by atoms with Crippen LogP contribution in [0.25, 0.3) is 0 Å². The maximum Gasteiger partial charge on any atom is 1.00 e. The number of amides is 1. The number of anilines is 1. The molecule has 0 saturated carbocycles. The van der Waals surface area contributed by atoms with Crippen molar-refractivity contribution in [1.29, 1.82) is 0 Å². The van der Waals surface area contributed by atoms with Crippen molar-refractivity contribution in [2.45, 2.75) is 10.9 Å². The van der Waals surface area contributed by atoms with Crippen molar-refractivity contribution < 1.29 is 86.8 Å². The average Bonchev–Trinajstić information content (AvgIpc) is 2.97. The van der Waals surface area contributed by atoms with E-state index in [-0.39, 0.29) is 64.8 Å². The fourth-order valence-electron chi connectivity index (χ4n) is 2.26. The Morgan fingerprint density at radius 3 is 2.14 bits per heavy atom. The van der Waals surface area contributed by atoms with Crippen molar-refractivity contribution >= 4 is 39.1 Å². The fraction of sp³-hybridized carbons (Fsp3) is 0.0625. The molecule has 0 saturated heterocycles. The molecule has 0 fully saturated rings. The van der Waals surface area contributed by atoms with Crippen LogP contribution in [0.1, 0.15) is 0 Å². The smallest absolute Gasteiger partial charge is 0.744 e. The maximum atomic E-state index is 12.5. The number of carbonyl (C=O) groups excluding carboxylic acids is 2. The van der Waals surface area contributed by atoms with E-state index in [1.54, 1.807) is 30.3 Å². The molecule has 0 aliphatic carbocycles. The number of para-hydroxylation sites is 1. The van der Waals surface area contributed by atoms with Crippen LogP contribution >= 0.6 is 0 Å². The van der Waals surface area contributed by atoms with Gasteiger partial charge in [0, 0.05) is 0 Å². The third-order valence-electron chi connectivity index (χ3n) is 3.53.